The largest absolute Gasteiger partial charge is 0.481 e. The summed E-state index contributed by atoms with van der Waals surface area (Å²) in [6.45, 7) is 1.85. The first-order valence-corrected chi connectivity index (χ1v) is 8.04. The molecule has 1 saturated heterocycles. The van der Waals surface area contributed by atoms with Gasteiger partial charge in [0.05, 0.1) is 5.41 Å². The standard InChI is InChI=1S/C16H25NO4/c1-12(7-6-8-14(19)20)17-13(18)11-16(15(17)21)9-4-2-3-5-10-16/h12H,2-11H2,1H3,(H,19,20). The average Bonchev–Trinajstić information content (AvgIpc) is 2.57. The first-order valence-electron chi connectivity index (χ1n) is 8.04. The van der Waals surface area contributed by atoms with Gasteiger partial charge in [-0.1, -0.05) is 25.7 Å². The number of nitrogens with zero attached hydrogens (tertiary/aromatic N) is 1. The van der Waals surface area contributed by atoms with Crippen LogP contribution >= 0.6 is 0 Å². The molecule has 1 saturated carbocycles. The van der Waals surface area contributed by atoms with E-state index in [1.807, 2.05) is 6.92 Å². The molecule has 1 unspecified atom stereocenters. The van der Waals surface area contributed by atoms with Gasteiger partial charge in [-0.2, -0.15) is 0 Å². The van der Waals surface area contributed by atoms with Gasteiger partial charge in [-0.3, -0.25) is 19.3 Å². The molecule has 1 heterocycles. The van der Waals surface area contributed by atoms with Crippen LogP contribution in [-0.2, 0) is 14.4 Å². The molecule has 0 bridgehead atoms. The number of rotatable bonds is 5. The number of hydrogen-bond acceptors (Lipinski definition) is 3. The van der Waals surface area contributed by atoms with Gasteiger partial charge in [-0.15, -0.1) is 0 Å². The van der Waals surface area contributed by atoms with Crippen LogP contribution in [0.3, 0.4) is 0 Å². The van der Waals surface area contributed by atoms with Crippen molar-refractivity contribution in [3.05, 3.63) is 0 Å². The van der Waals surface area contributed by atoms with Gasteiger partial charge in [0.15, 0.2) is 0 Å². The summed E-state index contributed by atoms with van der Waals surface area (Å²) in [6.07, 6.45) is 7.53. The van der Waals surface area contributed by atoms with Crippen LogP contribution in [0.5, 0.6) is 0 Å². The number of carbonyl (C=O) groups is 3. The van der Waals surface area contributed by atoms with E-state index in [1.54, 1.807) is 0 Å². The van der Waals surface area contributed by atoms with Crippen LogP contribution < -0.4 is 0 Å². The number of imide groups is 1. The number of carbonyl (C=O) groups excluding carboxylic acids is 2. The molecule has 118 valence electrons. The maximum absolute atomic E-state index is 12.8. The first kappa shape index (κ1) is 16.0. The monoisotopic (exact) mass is 295 g/mol. The second kappa shape index (κ2) is 6.58. The molecule has 1 aliphatic carbocycles. The lowest BCUT2D eigenvalue weighted by Gasteiger charge is -2.28. The highest BCUT2D eigenvalue weighted by molar-refractivity contribution is 6.06. The van der Waals surface area contributed by atoms with E-state index in [4.69, 9.17) is 5.11 Å². The van der Waals surface area contributed by atoms with Gasteiger partial charge in [0, 0.05) is 18.9 Å². The van der Waals surface area contributed by atoms with Gasteiger partial charge in [0.1, 0.15) is 0 Å². The van der Waals surface area contributed by atoms with E-state index >= 15 is 0 Å². The molecule has 0 aromatic rings. The van der Waals surface area contributed by atoms with Crippen LogP contribution in [0, 0.1) is 5.41 Å². The van der Waals surface area contributed by atoms with Crippen LogP contribution in [-0.4, -0.2) is 33.8 Å². The van der Waals surface area contributed by atoms with Crippen molar-refractivity contribution in [2.75, 3.05) is 0 Å². The maximum Gasteiger partial charge on any atom is 0.303 e. The highest BCUT2D eigenvalue weighted by Gasteiger charge is 2.51. The molecular formula is C16H25NO4. The zero-order valence-corrected chi connectivity index (χ0v) is 12.8. The Hall–Kier alpha value is -1.39. The van der Waals surface area contributed by atoms with E-state index in [0.29, 0.717) is 19.3 Å². The highest BCUT2D eigenvalue weighted by Crippen LogP contribution is 2.45. The molecule has 0 aromatic heterocycles. The minimum absolute atomic E-state index is 0.00257. The van der Waals surface area contributed by atoms with E-state index in [2.05, 4.69) is 0 Å². The summed E-state index contributed by atoms with van der Waals surface area (Å²) in [5.41, 5.74) is -0.450. The van der Waals surface area contributed by atoms with Crippen molar-refractivity contribution in [2.45, 2.75) is 77.2 Å². The summed E-state index contributed by atoms with van der Waals surface area (Å²) in [4.78, 5) is 37.1. The smallest absolute Gasteiger partial charge is 0.303 e. The van der Waals surface area contributed by atoms with Crippen molar-refractivity contribution in [1.82, 2.24) is 4.90 Å². The predicted octanol–water partition coefficient (Wildman–Crippen LogP) is 2.73. The SMILES string of the molecule is CC(CCCC(=O)O)N1C(=O)CC2(CCCCCC2)C1=O. The molecule has 5 heteroatoms. The maximum atomic E-state index is 12.8. The number of carboxylic acids is 1. The minimum atomic E-state index is -0.832. The summed E-state index contributed by atoms with van der Waals surface area (Å²) in [6, 6.07) is -0.188. The molecule has 1 aliphatic heterocycles. The molecule has 0 aromatic carbocycles. The van der Waals surface area contributed by atoms with Gasteiger partial charge in [-0.05, 0) is 32.6 Å². The number of aliphatic carboxylic acids is 1. The number of hydrogen-bond donors (Lipinski definition) is 1. The summed E-state index contributed by atoms with van der Waals surface area (Å²) in [5, 5.41) is 8.68. The highest BCUT2D eigenvalue weighted by atomic mass is 16.4. The lowest BCUT2D eigenvalue weighted by molar-refractivity contribution is -0.144. The zero-order chi connectivity index (χ0) is 15.5. The average molecular weight is 295 g/mol. The van der Waals surface area contributed by atoms with Gasteiger partial charge in [0.2, 0.25) is 11.8 Å². The van der Waals surface area contributed by atoms with Gasteiger partial charge < -0.3 is 5.11 Å². The first-order chi connectivity index (χ1) is 9.96. The van der Waals surface area contributed by atoms with Gasteiger partial charge in [0.25, 0.3) is 0 Å². The Morgan fingerprint density at radius 3 is 2.43 bits per heavy atom. The van der Waals surface area contributed by atoms with Crippen molar-refractivity contribution in [3.8, 4) is 0 Å². The fourth-order valence-electron chi connectivity index (χ4n) is 3.74. The van der Waals surface area contributed by atoms with Crippen molar-refractivity contribution in [1.29, 1.82) is 0 Å². The van der Waals surface area contributed by atoms with Crippen molar-refractivity contribution in [2.24, 2.45) is 5.41 Å². The molecule has 1 N–H and O–H groups in total. The minimum Gasteiger partial charge on any atom is -0.481 e. The summed E-state index contributed by atoms with van der Waals surface area (Å²) >= 11 is 0. The molecule has 2 amide bonds. The third kappa shape index (κ3) is 3.44. The van der Waals surface area contributed by atoms with E-state index in [0.717, 1.165) is 38.5 Å². The van der Waals surface area contributed by atoms with E-state index in [-0.39, 0.29) is 24.3 Å². The topological polar surface area (TPSA) is 74.7 Å². The number of likely N-dealkylation sites (tertiary alicyclic amines) is 1. The second-order valence-corrected chi connectivity index (χ2v) is 6.58. The molecule has 1 spiro atoms. The van der Waals surface area contributed by atoms with Crippen molar-refractivity contribution < 1.29 is 19.5 Å². The molecule has 2 aliphatic rings. The normalized spacial score (nSPS) is 23.4. The Morgan fingerprint density at radius 2 is 1.86 bits per heavy atom. The lowest BCUT2D eigenvalue weighted by atomic mass is 9.79. The van der Waals surface area contributed by atoms with Crippen LogP contribution in [0.2, 0.25) is 0 Å². The Kier molecular flexibility index (Phi) is 5.01. The quantitative estimate of drug-likeness (QED) is 0.791. The van der Waals surface area contributed by atoms with E-state index in [9.17, 15) is 14.4 Å². The second-order valence-electron chi connectivity index (χ2n) is 6.58. The molecule has 1 atom stereocenters. The van der Waals surface area contributed by atoms with E-state index < -0.39 is 11.4 Å². The fraction of sp³-hybridized carbons (Fsp3) is 0.812. The predicted molar refractivity (Wildman–Crippen MR) is 77.6 cm³/mol. The van der Waals surface area contributed by atoms with Gasteiger partial charge >= 0.3 is 5.97 Å². The summed E-state index contributed by atoms with van der Waals surface area (Å²) in [7, 11) is 0. The lowest BCUT2D eigenvalue weighted by Crippen LogP contribution is -2.41. The molecule has 2 rings (SSSR count). The summed E-state index contributed by atoms with van der Waals surface area (Å²) in [5.74, 6) is -0.900. The van der Waals surface area contributed by atoms with Crippen LogP contribution in [0.4, 0.5) is 0 Å². The van der Waals surface area contributed by atoms with Crippen molar-refractivity contribution >= 4 is 17.8 Å². The van der Waals surface area contributed by atoms with E-state index in [1.165, 1.54) is 4.90 Å². The molecular weight excluding hydrogens is 270 g/mol. The number of amides is 2. The Balaban J connectivity index is 2.01. The molecule has 2 fully saturated rings. The third-order valence-electron chi connectivity index (χ3n) is 4.94. The molecule has 5 nitrogen and oxygen atoms in total. The molecule has 0 radical (unpaired) electrons. The fourth-order valence-corrected chi connectivity index (χ4v) is 3.74. The Morgan fingerprint density at radius 1 is 1.24 bits per heavy atom. The zero-order valence-electron chi connectivity index (χ0n) is 12.8. The van der Waals surface area contributed by atoms with Crippen LogP contribution in [0.15, 0.2) is 0 Å². The Bertz CT molecular complexity index is 424. The number of carboxylic acid groups (broad SMARTS) is 1. The third-order valence-corrected chi connectivity index (χ3v) is 4.94. The van der Waals surface area contributed by atoms with Crippen molar-refractivity contribution in [3.63, 3.8) is 0 Å². The van der Waals surface area contributed by atoms with Crippen LogP contribution in [0.25, 0.3) is 0 Å². The molecule has 21 heavy (non-hydrogen) atoms. The van der Waals surface area contributed by atoms with Gasteiger partial charge in [-0.25, -0.2) is 0 Å². The summed E-state index contributed by atoms with van der Waals surface area (Å²) < 4.78 is 0. The van der Waals surface area contributed by atoms with Crippen LogP contribution in [0.1, 0.15) is 71.1 Å². The Labute approximate surface area is 125 Å².